The van der Waals surface area contributed by atoms with E-state index in [0.717, 1.165) is 28.8 Å². The highest BCUT2D eigenvalue weighted by molar-refractivity contribution is 7.90. The zero-order valence-corrected chi connectivity index (χ0v) is 17.3. The number of imidazole rings is 1. The quantitative estimate of drug-likeness (QED) is 0.610. The molecule has 1 saturated carbocycles. The Labute approximate surface area is 175 Å². The molecule has 1 aliphatic rings. The van der Waals surface area contributed by atoms with Crippen molar-refractivity contribution in [2.45, 2.75) is 37.4 Å². The summed E-state index contributed by atoms with van der Waals surface area (Å²) < 4.78 is 27.9. The van der Waals surface area contributed by atoms with Crippen LogP contribution in [0.4, 0.5) is 5.95 Å². The molecule has 8 heteroatoms. The lowest BCUT2D eigenvalue weighted by Crippen LogP contribution is -2.30. The van der Waals surface area contributed by atoms with Crippen LogP contribution >= 0.6 is 0 Å². The van der Waals surface area contributed by atoms with E-state index in [1.54, 1.807) is 18.2 Å². The second-order valence-electron chi connectivity index (χ2n) is 7.57. The summed E-state index contributed by atoms with van der Waals surface area (Å²) in [7, 11) is -3.69. The van der Waals surface area contributed by atoms with Crippen molar-refractivity contribution in [3.63, 3.8) is 0 Å². The van der Waals surface area contributed by atoms with Gasteiger partial charge in [0, 0.05) is 6.08 Å². The van der Waals surface area contributed by atoms with Crippen LogP contribution < -0.4 is 11.5 Å². The van der Waals surface area contributed by atoms with Gasteiger partial charge in [-0.2, -0.15) is 0 Å². The third-order valence-electron chi connectivity index (χ3n) is 5.55. The van der Waals surface area contributed by atoms with Gasteiger partial charge in [0.2, 0.25) is 21.9 Å². The average Bonchev–Trinajstić information content (AvgIpc) is 3.08. The van der Waals surface area contributed by atoms with Crippen molar-refractivity contribution >= 4 is 38.5 Å². The van der Waals surface area contributed by atoms with E-state index in [-0.39, 0.29) is 5.95 Å². The van der Waals surface area contributed by atoms with Gasteiger partial charge in [0.25, 0.3) is 0 Å². The van der Waals surface area contributed by atoms with E-state index >= 15 is 0 Å². The number of nitrogens with zero attached hydrogens (tertiary/aromatic N) is 2. The van der Waals surface area contributed by atoms with Gasteiger partial charge in [-0.15, -0.1) is 0 Å². The molecule has 1 amide bonds. The molecule has 3 aromatic rings. The van der Waals surface area contributed by atoms with Crippen LogP contribution in [0.5, 0.6) is 0 Å². The molecule has 2 aromatic carbocycles. The average molecular weight is 425 g/mol. The number of primary amides is 1. The highest BCUT2D eigenvalue weighted by atomic mass is 32.2. The van der Waals surface area contributed by atoms with Gasteiger partial charge in [-0.25, -0.2) is 17.4 Å². The summed E-state index contributed by atoms with van der Waals surface area (Å²) in [6.07, 6.45) is 5.42. The summed E-state index contributed by atoms with van der Waals surface area (Å²) in [6, 6.07) is 14.5. The van der Waals surface area contributed by atoms with Crippen molar-refractivity contribution < 1.29 is 13.2 Å². The third kappa shape index (κ3) is 3.70. The predicted octanol–water partition coefficient (Wildman–Crippen LogP) is 3.05. The molecular formula is C22H24N4O3S. The Morgan fingerprint density at radius 1 is 1.03 bits per heavy atom. The first-order valence-corrected chi connectivity index (χ1v) is 11.5. The van der Waals surface area contributed by atoms with Gasteiger partial charge in [0.05, 0.1) is 16.3 Å². The molecule has 4 N–H and O–H groups in total. The fourth-order valence-electron chi connectivity index (χ4n) is 4.11. The van der Waals surface area contributed by atoms with Gasteiger partial charge in [-0.1, -0.05) is 55.7 Å². The summed E-state index contributed by atoms with van der Waals surface area (Å²) >= 11 is 0. The number of aromatic nitrogens is 2. The van der Waals surface area contributed by atoms with E-state index in [1.165, 1.54) is 6.08 Å². The number of anilines is 1. The number of hydrogen-bond donors (Lipinski definition) is 2. The molecule has 1 aliphatic carbocycles. The largest absolute Gasteiger partial charge is 0.368 e. The zero-order chi connectivity index (χ0) is 21.3. The van der Waals surface area contributed by atoms with Crippen molar-refractivity contribution in [2.75, 3.05) is 5.73 Å². The van der Waals surface area contributed by atoms with Crippen LogP contribution in [0.1, 0.15) is 43.2 Å². The SMILES string of the molecule is NC(=O)C=C(c1ccccc1)c1ccc2nc(N)n(S(=O)(=O)C3CCCCC3)c2c1. The summed E-state index contributed by atoms with van der Waals surface area (Å²) in [6.45, 7) is 0. The maximum atomic E-state index is 13.4. The van der Waals surface area contributed by atoms with Crippen LogP contribution in [-0.2, 0) is 14.8 Å². The van der Waals surface area contributed by atoms with Crippen LogP contribution in [0.3, 0.4) is 0 Å². The Morgan fingerprint density at radius 2 is 1.73 bits per heavy atom. The van der Waals surface area contributed by atoms with Crippen LogP contribution in [0, 0.1) is 0 Å². The Hall–Kier alpha value is -3.13. The maximum Gasteiger partial charge on any atom is 0.244 e. The number of nitrogens with two attached hydrogens (primary N) is 2. The van der Waals surface area contributed by atoms with Gasteiger partial charge in [0.15, 0.2) is 0 Å². The van der Waals surface area contributed by atoms with Gasteiger partial charge in [-0.3, -0.25) is 4.79 Å². The second kappa shape index (κ2) is 7.95. The Kier molecular flexibility index (Phi) is 5.34. The van der Waals surface area contributed by atoms with Gasteiger partial charge in [0.1, 0.15) is 0 Å². The molecule has 0 bridgehead atoms. The Bertz CT molecular complexity index is 1220. The highest BCUT2D eigenvalue weighted by Crippen LogP contribution is 2.32. The molecule has 0 unspecified atom stereocenters. The minimum atomic E-state index is -3.69. The predicted molar refractivity (Wildman–Crippen MR) is 118 cm³/mol. The molecule has 1 aromatic heterocycles. The summed E-state index contributed by atoms with van der Waals surface area (Å²) in [4.78, 5) is 15.9. The van der Waals surface area contributed by atoms with E-state index in [4.69, 9.17) is 11.5 Å². The monoisotopic (exact) mass is 424 g/mol. The molecule has 7 nitrogen and oxygen atoms in total. The first-order chi connectivity index (χ1) is 14.4. The number of carbonyl (C=O) groups is 1. The second-order valence-corrected chi connectivity index (χ2v) is 9.63. The summed E-state index contributed by atoms with van der Waals surface area (Å²) in [5.41, 5.74) is 14.4. The lowest BCUT2D eigenvalue weighted by atomic mass is 9.97. The van der Waals surface area contributed by atoms with E-state index in [0.29, 0.717) is 35.0 Å². The maximum absolute atomic E-state index is 13.4. The molecule has 0 aliphatic heterocycles. The number of nitrogen functional groups attached to an aromatic ring is 1. The number of rotatable bonds is 5. The fraction of sp³-hybridized carbons (Fsp3) is 0.273. The number of amides is 1. The van der Waals surface area contributed by atoms with Gasteiger partial charge >= 0.3 is 0 Å². The number of fused-ring (bicyclic) bond motifs is 1. The Balaban J connectivity index is 1.88. The molecule has 30 heavy (non-hydrogen) atoms. The van der Waals surface area contributed by atoms with Crippen molar-refractivity contribution in [2.24, 2.45) is 5.73 Å². The van der Waals surface area contributed by atoms with Crippen LogP contribution in [0.25, 0.3) is 16.6 Å². The topological polar surface area (TPSA) is 121 Å². The van der Waals surface area contributed by atoms with Crippen LogP contribution in [0.15, 0.2) is 54.6 Å². The molecule has 0 radical (unpaired) electrons. The molecule has 1 heterocycles. The van der Waals surface area contributed by atoms with Crippen molar-refractivity contribution in [3.8, 4) is 0 Å². The highest BCUT2D eigenvalue weighted by Gasteiger charge is 2.32. The van der Waals surface area contributed by atoms with Crippen molar-refractivity contribution in [1.29, 1.82) is 0 Å². The first-order valence-electron chi connectivity index (χ1n) is 9.97. The standard InChI is InChI=1S/C22H24N4O3S/c23-21(27)14-18(15-7-3-1-4-8-15)16-11-12-19-20(13-16)26(22(24)25-19)30(28,29)17-9-5-2-6-10-17/h1,3-4,7-8,11-14,17H,2,5-6,9-10H2,(H2,23,27)(H2,24,25). The smallest absolute Gasteiger partial charge is 0.244 e. The summed E-state index contributed by atoms with van der Waals surface area (Å²) in [5.74, 6) is -0.635. The minimum absolute atomic E-state index is 0.0483. The number of benzene rings is 2. The van der Waals surface area contributed by atoms with Gasteiger partial charge in [-0.05, 0) is 41.7 Å². The molecule has 156 valence electrons. The number of carbonyl (C=O) groups excluding carboxylic acids is 1. The molecule has 0 saturated heterocycles. The van der Waals surface area contributed by atoms with Crippen molar-refractivity contribution in [3.05, 3.63) is 65.7 Å². The first kappa shape index (κ1) is 20.2. The molecule has 0 atom stereocenters. The lowest BCUT2D eigenvalue weighted by molar-refractivity contribution is -0.113. The van der Waals surface area contributed by atoms with E-state index in [2.05, 4.69) is 4.98 Å². The molecule has 4 rings (SSSR count). The Morgan fingerprint density at radius 3 is 2.40 bits per heavy atom. The van der Waals surface area contributed by atoms with Gasteiger partial charge < -0.3 is 11.5 Å². The van der Waals surface area contributed by atoms with E-state index in [9.17, 15) is 13.2 Å². The third-order valence-corrected chi connectivity index (χ3v) is 7.75. The zero-order valence-electron chi connectivity index (χ0n) is 16.5. The molecular weight excluding hydrogens is 400 g/mol. The van der Waals surface area contributed by atoms with Crippen LogP contribution in [-0.4, -0.2) is 28.5 Å². The van der Waals surface area contributed by atoms with Crippen molar-refractivity contribution in [1.82, 2.24) is 8.96 Å². The summed E-state index contributed by atoms with van der Waals surface area (Å²) in [5, 5.41) is -0.468. The molecule has 1 fully saturated rings. The minimum Gasteiger partial charge on any atom is -0.368 e. The molecule has 0 spiro atoms. The van der Waals surface area contributed by atoms with E-state index < -0.39 is 21.2 Å². The van der Waals surface area contributed by atoms with Crippen LogP contribution in [0.2, 0.25) is 0 Å². The normalized spacial score (nSPS) is 16.1. The lowest BCUT2D eigenvalue weighted by Gasteiger charge is -2.22. The van der Waals surface area contributed by atoms with E-state index in [1.807, 2.05) is 30.3 Å². The number of hydrogen-bond acceptors (Lipinski definition) is 5. The fourth-order valence-corrected chi connectivity index (χ4v) is 6.06.